The van der Waals surface area contributed by atoms with Crippen LogP contribution in [-0.4, -0.2) is 50.9 Å². The van der Waals surface area contributed by atoms with Crippen LogP contribution in [0, 0.1) is 0 Å². The van der Waals surface area contributed by atoms with Crippen LogP contribution in [0.5, 0.6) is 0 Å². The van der Waals surface area contributed by atoms with Gasteiger partial charge in [0.1, 0.15) is 6.33 Å². The lowest BCUT2D eigenvalue weighted by molar-refractivity contribution is -0.138. The van der Waals surface area contributed by atoms with Crippen LogP contribution < -0.4 is 4.90 Å². The Kier molecular flexibility index (Phi) is 6.24. The largest absolute Gasteiger partial charge is 0.416 e. The van der Waals surface area contributed by atoms with Crippen LogP contribution in [0.15, 0.2) is 42.7 Å². The summed E-state index contributed by atoms with van der Waals surface area (Å²) in [5, 5.41) is 7.72. The molecule has 3 fully saturated rings. The number of ether oxygens (including phenoxy) is 1. The lowest BCUT2D eigenvalue weighted by Crippen LogP contribution is -2.50. The third-order valence-electron chi connectivity index (χ3n) is 9.53. The van der Waals surface area contributed by atoms with Crippen LogP contribution in [0.2, 0.25) is 0 Å². The van der Waals surface area contributed by atoms with Gasteiger partial charge in [-0.1, -0.05) is 18.6 Å². The minimum Gasteiger partial charge on any atom is -0.379 e. The number of hydrogen-bond donors (Lipinski definition) is 0. The predicted octanol–water partition coefficient (Wildman–Crippen LogP) is 5.49. The summed E-state index contributed by atoms with van der Waals surface area (Å²) in [7, 11) is 1.66. The maximum atomic E-state index is 15.9. The van der Waals surface area contributed by atoms with Crippen molar-refractivity contribution in [2.24, 2.45) is 7.05 Å². The average Bonchev–Trinajstić information content (AvgIpc) is 3.54. The van der Waals surface area contributed by atoms with Gasteiger partial charge in [-0.2, -0.15) is 13.2 Å². The van der Waals surface area contributed by atoms with Crippen molar-refractivity contribution in [3.63, 3.8) is 0 Å². The third-order valence-corrected chi connectivity index (χ3v) is 9.53. The number of amides is 1. The van der Waals surface area contributed by atoms with E-state index in [1.807, 2.05) is 0 Å². The van der Waals surface area contributed by atoms with Gasteiger partial charge in [-0.15, -0.1) is 10.2 Å². The van der Waals surface area contributed by atoms with Crippen molar-refractivity contribution < 1.29 is 27.1 Å². The van der Waals surface area contributed by atoms with Crippen LogP contribution >= 0.6 is 0 Å². The van der Waals surface area contributed by atoms with Crippen molar-refractivity contribution in [1.82, 2.24) is 19.7 Å². The molecule has 7 rings (SSSR count). The first-order chi connectivity index (χ1) is 19.7. The number of fused-ring (bicyclic) bond motifs is 3. The highest BCUT2D eigenvalue weighted by Gasteiger charge is 2.51. The Hall–Kier alpha value is -3.31. The van der Waals surface area contributed by atoms with Gasteiger partial charge >= 0.3 is 6.18 Å². The molecule has 3 saturated heterocycles. The number of alkyl halides is 4. The van der Waals surface area contributed by atoms with E-state index < -0.39 is 29.2 Å². The Labute approximate surface area is 235 Å². The number of carbonyl (C=O) groups is 1. The molecule has 2 bridgehead atoms. The van der Waals surface area contributed by atoms with Crippen molar-refractivity contribution in [2.45, 2.75) is 75.0 Å². The number of benzene rings is 2. The Balaban J connectivity index is 1.21. The summed E-state index contributed by atoms with van der Waals surface area (Å²) in [6, 6.07) is 10.5. The minimum atomic E-state index is -4.59. The third kappa shape index (κ3) is 4.27. The molecule has 0 N–H and O–H groups in total. The van der Waals surface area contributed by atoms with Crippen LogP contribution in [0.4, 0.5) is 23.2 Å². The highest BCUT2D eigenvalue weighted by Crippen LogP contribution is 2.47. The molecule has 3 aromatic rings. The molecule has 2 unspecified atom stereocenters. The monoisotopic (exact) mass is 569 g/mol. The molecule has 0 aliphatic carbocycles. The molecule has 0 saturated carbocycles. The summed E-state index contributed by atoms with van der Waals surface area (Å²) in [6.07, 6.45) is 0.763. The molecule has 1 amide bonds. The minimum absolute atomic E-state index is 0.0117. The fourth-order valence-corrected chi connectivity index (χ4v) is 7.25. The molecule has 0 spiro atoms. The number of anilines is 1. The fourth-order valence-electron chi connectivity index (χ4n) is 7.25. The van der Waals surface area contributed by atoms with Gasteiger partial charge in [0.15, 0.2) is 12.0 Å². The molecule has 4 aliphatic rings. The number of hydrogen-bond acceptors (Lipinski definition) is 5. The molecular weight excluding hydrogens is 538 g/mol. The van der Waals surface area contributed by atoms with Gasteiger partial charge in [0, 0.05) is 36.9 Å². The number of aryl methyl sites for hydroxylation is 1. The summed E-state index contributed by atoms with van der Waals surface area (Å²) in [5.74, 6) is -0.317. The molecule has 3 atom stereocenters. The second-order valence-corrected chi connectivity index (χ2v) is 11.9. The first kappa shape index (κ1) is 26.6. The Morgan fingerprint density at radius 3 is 2.49 bits per heavy atom. The molecule has 11 heteroatoms. The fraction of sp³-hybridized carbons (Fsp3) is 0.500. The Morgan fingerprint density at radius 2 is 1.85 bits per heavy atom. The first-order valence-electron chi connectivity index (χ1n) is 14.1. The number of rotatable bonds is 6. The number of nitrogens with zero attached hydrogens (tertiary/aromatic N) is 5. The summed E-state index contributed by atoms with van der Waals surface area (Å²) in [5.41, 5.74) is -0.174. The number of aromatic nitrogens is 3. The topological polar surface area (TPSA) is 63.5 Å². The van der Waals surface area contributed by atoms with E-state index in [9.17, 15) is 18.0 Å². The molecule has 1 aromatic heterocycles. The van der Waals surface area contributed by atoms with Crippen molar-refractivity contribution in [3.8, 4) is 0 Å². The molecule has 5 heterocycles. The SMILES string of the molecule is Cn1cnnc1[C@H](F)C1(c2cccc(N3Cc4c(cc(CN5C6CCCC5CC6)cc4C(F)(F)F)C3=O)c2)COC1. The van der Waals surface area contributed by atoms with Crippen LogP contribution in [0.1, 0.15) is 76.7 Å². The summed E-state index contributed by atoms with van der Waals surface area (Å²) >= 11 is 0. The van der Waals surface area contributed by atoms with Gasteiger partial charge in [0.05, 0.1) is 30.7 Å². The van der Waals surface area contributed by atoms with E-state index >= 15 is 4.39 Å². The smallest absolute Gasteiger partial charge is 0.379 e. The Bertz CT molecular complexity index is 1480. The maximum absolute atomic E-state index is 15.9. The summed E-state index contributed by atoms with van der Waals surface area (Å²) in [4.78, 5) is 17.4. The standard InChI is InChI=1S/C30H31F4N5O2/c1-37-17-35-36-27(37)26(31)29(15-41-16-29)19-4-2-7-22(12-19)39-14-24-23(28(39)40)10-18(11-25(24)30(32,33)34)13-38-20-5-3-6-21(38)9-8-20/h2,4,7,10-12,17,20-21,26H,3,5-6,8-9,13-16H2,1H3/t20?,21?,26-/m0/s1. The molecule has 4 aliphatic heterocycles. The van der Waals surface area contributed by atoms with Crippen molar-refractivity contribution in [3.05, 3.63) is 76.4 Å². The van der Waals surface area contributed by atoms with E-state index in [0.29, 0.717) is 35.4 Å². The van der Waals surface area contributed by atoms with Gasteiger partial charge in [0.2, 0.25) is 0 Å². The highest BCUT2D eigenvalue weighted by atomic mass is 19.4. The average molecular weight is 570 g/mol. The van der Waals surface area contributed by atoms with Gasteiger partial charge in [0.25, 0.3) is 5.91 Å². The zero-order valence-electron chi connectivity index (χ0n) is 22.7. The summed E-state index contributed by atoms with van der Waals surface area (Å²) < 4.78 is 65.9. The van der Waals surface area contributed by atoms with Crippen molar-refractivity contribution in [1.29, 1.82) is 0 Å². The van der Waals surface area contributed by atoms with Gasteiger partial charge in [-0.05, 0) is 66.6 Å². The van der Waals surface area contributed by atoms with Gasteiger partial charge < -0.3 is 14.2 Å². The first-order valence-corrected chi connectivity index (χ1v) is 14.1. The molecule has 7 nitrogen and oxygen atoms in total. The zero-order valence-corrected chi connectivity index (χ0v) is 22.7. The summed E-state index contributed by atoms with van der Waals surface area (Å²) in [6.45, 7) is 0.432. The molecular formula is C30H31F4N5O2. The molecule has 41 heavy (non-hydrogen) atoms. The molecule has 2 aromatic carbocycles. The molecule has 0 radical (unpaired) electrons. The van der Waals surface area contributed by atoms with E-state index in [4.69, 9.17) is 4.74 Å². The second kappa shape index (κ2) is 9.62. The van der Waals surface area contributed by atoms with Crippen LogP contribution in [0.3, 0.4) is 0 Å². The van der Waals surface area contributed by atoms with E-state index in [1.165, 1.54) is 21.9 Å². The van der Waals surface area contributed by atoms with Crippen molar-refractivity contribution in [2.75, 3.05) is 18.1 Å². The van der Waals surface area contributed by atoms with E-state index in [2.05, 4.69) is 15.1 Å². The van der Waals surface area contributed by atoms with E-state index in [0.717, 1.165) is 32.1 Å². The second-order valence-electron chi connectivity index (χ2n) is 11.9. The van der Waals surface area contributed by atoms with Crippen LogP contribution in [0.25, 0.3) is 0 Å². The zero-order chi connectivity index (χ0) is 28.5. The Morgan fingerprint density at radius 1 is 1.10 bits per heavy atom. The lowest BCUT2D eigenvalue weighted by atomic mass is 9.74. The van der Waals surface area contributed by atoms with Crippen molar-refractivity contribution >= 4 is 11.6 Å². The maximum Gasteiger partial charge on any atom is 0.416 e. The van der Waals surface area contributed by atoms with Crippen LogP contribution in [-0.2, 0) is 36.5 Å². The highest BCUT2D eigenvalue weighted by molar-refractivity contribution is 6.10. The normalized spacial score (nSPS) is 24.4. The number of piperidine rings is 1. The number of halogens is 4. The lowest BCUT2D eigenvalue weighted by Gasteiger charge is -2.43. The predicted molar refractivity (Wildman–Crippen MR) is 142 cm³/mol. The quantitative estimate of drug-likeness (QED) is 0.368. The van der Waals surface area contributed by atoms with Gasteiger partial charge in [-0.25, -0.2) is 4.39 Å². The van der Waals surface area contributed by atoms with E-state index in [1.54, 1.807) is 37.4 Å². The number of carbonyl (C=O) groups excluding carboxylic acids is 1. The molecule has 216 valence electrons. The van der Waals surface area contributed by atoms with E-state index in [-0.39, 0.29) is 36.7 Å². The van der Waals surface area contributed by atoms with Gasteiger partial charge in [-0.3, -0.25) is 9.69 Å².